The molecule has 3 amide bonds. The van der Waals surface area contributed by atoms with Crippen LogP contribution in [-0.4, -0.2) is 54.5 Å². The van der Waals surface area contributed by atoms with Gasteiger partial charge in [-0.1, -0.05) is 0 Å². The third-order valence-corrected chi connectivity index (χ3v) is 3.61. The molecule has 116 valence electrons. The number of carbonyl (C=O) groups is 2. The van der Waals surface area contributed by atoms with Crippen LogP contribution in [0.15, 0.2) is 22.8 Å². The largest absolute Gasteiger partial charge is 0.467 e. The Morgan fingerprint density at radius 2 is 2.19 bits per heavy atom. The van der Waals surface area contributed by atoms with Gasteiger partial charge in [-0.15, -0.1) is 0 Å². The lowest BCUT2D eigenvalue weighted by atomic mass is 10.1. The number of primary amides is 1. The summed E-state index contributed by atoms with van der Waals surface area (Å²) < 4.78 is 5.22. The summed E-state index contributed by atoms with van der Waals surface area (Å²) in [5.41, 5.74) is 5.18. The zero-order chi connectivity index (χ0) is 15.2. The molecule has 1 saturated heterocycles. The number of carbonyl (C=O) groups excluding carboxylic acids is 2. The molecule has 1 aromatic heterocycles. The van der Waals surface area contributed by atoms with Crippen molar-refractivity contribution in [3.63, 3.8) is 0 Å². The van der Waals surface area contributed by atoms with Gasteiger partial charge >= 0.3 is 6.03 Å². The first-order valence-corrected chi connectivity index (χ1v) is 7.09. The first kappa shape index (κ1) is 15.4. The summed E-state index contributed by atoms with van der Waals surface area (Å²) in [7, 11) is 1.74. The van der Waals surface area contributed by atoms with E-state index in [0.717, 1.165) is 31.7 Å². The third kappa shape index (κ3) is 4.78. The second-order valence-electron chi connectivity index (χ2n) is 5.40. The molecule has 2 rings (SSSR count). The molecule has 3 N–H and O–H groups in total. The molecule has 0 radical (unpaired) electrons. The average molecular weight is 294 g/mol. The minimum absolute atomic E-state index is 0.111. The molecule has 0 saturated carbocycles. The number of furan rings is 1. The lowest BCUT2D eigenvalue weighted by molar-refractivity contribution is -0.119. The van der Waals surface area contributed by atoms with Crippen molar-refractivity contribution in [3.05, 3.63) is 24.2 Å². The quantitative estimate of drug-likeness (QED) is 0.820. The second-order valence-corrected chi connectivity index (χ2v) is 5.40. The first-order valence-electron chi connectivity index (χ1n) is 7.09. The topological polar surface area (TPSA) is 91.8 Å². The predicted octanol–water partition coefficient (Wildman–Crippen LogP) is 0.371. The van der Waals surface area contributed by atoms with Gasteiger partial charge in [-0.05, 0) is 25.0 Å². The maximum atomic E-state index is 12.1. The van der Waals surface area contributed by atoms with Crippen LogP contribution in [0, 0.1) is 0 Å². The van der Waals surface area contributed by atoms with Crippen LogP contribution in [0.3, 0.4) is 0 Å². The number of hydrogen-bond acceptors (Lipinski definition) is 4. The van der Waals surface area contributed by atoms with Crippen molar-refractivity contribution in [2.75, 3.05) is 26.7 Å². The summed E-state index contributed by atoms with van der Waals surface area (Å²) in [6.07, 6.45) is 3.25. The Balaban J connectivity index is 1.72. The maximum Gasteiger partial charge on any atom is 0.317 e. The van der Waals surface area contributed by atoms with Crippen molar-refractivity contribution in [1.29, 1.82) is 0 Å². The van der Waals surface area contributed by atoms with E-state index in [0.29, 0.717) is 13.1 Å². The van der Waals surface area contributed by atoms with Crippen molar-refractivity contribution >= 4 is 11.9 Å². The molecule has 1 fully saturated rings. The van der Waals surface area contributed by atoms with Gasteiger partial charge in [0.2, 0.25) is 5.91 Å². The number of hydrogen-bond donors (Lipinski definition) is 2. The van der Waals surface area contributed by atoms with Crippen LogP contribution in [0.1, 0.15) is 18.6 Å². The monoisotopic (exact) mass is 294 g/mol. The molecule has 0 spiro atoms. The Labute approximate surface area is 124 Å². The number of piperidine rings is 1. The van der Waals surface area contributed by atoms with Crippen LogP contribution >= 0.6 is 0 Å². The molecule has 0 aromatic carbocycles. The molecule has 0 aliphatic carbocycles. The van der Waals surface area contributed by atoms with E-state index in [-0.39, 0.29) is 18.0 Å². The molecule has 0 atom stereocenters. The molecule has 1 aliphatic rings. The highest BCUT2D eigenvalue weighted by Crippen LogP contribution is 2.11. The van der Waals surface area contributed by atoms with Gasteiger partial charge in [0.05, 0.1) is 19.4 Å². The fraction of sp³-hybridized carbons (Fsp3) is 0.571. The second kappa shape index (κ2) is 7.12. The summed E-state index contributed by atoms with van der Waals surface area (Å²) in [5, 5.41) is 3.01. The van der Waals surface area contributed by atoms with E-state index < -0.39 is 0 Å². The Morgan fingerprint density at radius 3 is 2.76 bits per heavy atom. The Kier molecular flexibility index (Phi) is 5.21. The van der Waals surface area contributed by atoms with Gasteiger partial charge in [0.25, 0.3) is 0 Å². The standard InChI is InChI=1S/C14H22N4O3/c1-17(9-12-3-2-8-21-12)14(20)16-11-4-6-18(7-5-11)10-13(15)19/h2-3,8,11H,4-7,9-10H2,1H3,(H2,15,19)(H,16,20). The van der Waals surface area contributed by atoms with Crippen molar-refractivity contribution in [2.24, 2.45) is 5.73 Å². The smallest absolute Gasteiger partial charge is 0.317 e. The highest BCUT2D eigenvalue weighted by atomic mass is 16.3. The molecular formula is C14H22N4O3. The van der Waals surface area contributed by atoms with Gasteiger partial charge in [-0.3, -0.25) is 9.69 Å². The molecule has 2 heterocycles. The van der Waals surface area contributed by atoms with Gasteiger partial charge < -0.3 is 20.4 Å². The van der Waals surface area contributed by atoms with E-state index in [1.54, 1.807) is 24.3 Å². The van der Waals surface area contributed by atoms with Crippen LogP contribution in [0.2, 0.25) is 0 Å². The Bertz CT molecular complexity index is 467. The van der Waals surface area contributed by atoms with Gasteiger partial charge in [0, 0.05) is 26.2 Å². The van der Waals surface area contributed by atoms with E-state index in [1.165, 1.54) is 0 Å². The zero-order valence-electron chi connectivity index (χ0n) is 12.2. The van der Waals surface area contributed by atoms with E-state index in [9.17, 15) is 9.59 Å². The Hall–Kier alpha value is -2.02. The fourth-order valence-corrected chi connectivity index (χ4v) is 2.45. The van der Waals surface area contributed by atoms with Gasteiger partial charge in [-0.25, -0.2) is 4.79 Å². The number of nitrogens with zero attached hydrogens (tertiary/aromatic N) is 2. The van der Waals surface area contributed by atoms with Gasteiger partial charge in [0.15, 0.2) is 0 Å². The number of nitrogens with two attached hydrogens (primary N) is 1. The van der Waals surface area contributed by atoms with Crippen LogP contribution in [-0.2, 0) is 11.3 Å². The maximum absolute atomic E-state index is 12.1. The van der Waals surface area contributed by atoms with Crippen molar-refractivity contribution in [1.82, 2.24) is 15.1 Å². The number of urea groups is 1. The number of likely N-dealkylation sites (tertiary alicyclic amines) is 1. The molecule has 7 nitrogen and oxygen atoms in total. The molecule has 0 unspecified atom stereocenters. The first-order chi connectivity index (χ1) is 10.0. The highest BCUT2D eigenvalue weighted by Gasteiger charge is 2.22. The summed E-state index contributed by atoms with van der Waals surface area (Å²) in [6, 6.07) is 3.67. The minimum atomic E-state index is -0.310. The number of rotatable bonds is 5. The lowest BCUT2D eigenvalue weighted by Gasteiger charge is -2.32. The minimum Gasteiger partial charge on any atom is -0.467 e. The van der Waals surface area contributed by atoms with Crippen LogP contribution in [0.5, 0.6) is 0 Å². The normalized spacial score (nSPS) is 16.6. The molecular weight excluding hydrogens is 272 g/mol. The average Bonchev–Trinajstić information content (AvgIpc) is 2.93. The molecule has 21 heavy (non-hydrogen) atoms. The van der Waals surface area contributed by atoms with E-state index in [4.69, 9.17) is 10.2 Å². The lowest BCUT2D eigenvalue weighted by Crippen LogP contribution is -2.49. The number of nitrogens with one attached hydrogen (secondary N) is 1. The summed E-state index contributed by atoms with van der Waals surface area (Å²) in [6.45, 7) is 2.28. The van der Waals surface area contributed by atoms with Crippen LogP contribution in [0.25, 0.3) is 0 Å². The highest BCUT2D eigenvalue weighted by molar-refractivity contribution is 5.76. The van der Waals surface area contributed by atoms with Gasteiger partial charge in [0.1, 0.15) is 5.76 Å². The third-order valence-electron chi connectivity index (χ3n) is 3.61. The summed E-state index contributed by atoms with van der Waals surface area (Å²) in [5.74, 6) is 0.444. The molecule has 1 aromatic rings. The SMILES string of the molecule is CN(Cc1ccco1)C(=O)NC1CCN(CC(N)=O)CC1. The van der Waals surface area contributed by atoms with Crippen molar-refractivity contribution in [3.8, 4) is 0 Å². The fourth-order valence-electron chi connectivity index (χ4n) is 2.45. The predicted molar refractivity (Wildman–Crippen MR) is 77.4 cm³/mol. The van der Waals surface area contributed by atoms with Crippen molar-refractivity contribution in [2.45, 2.75) is 25.4 Å². The molecule has 7 heteroatoms. The summed E-state index contributed by atoms with van der Waals surface area (Å²) in [4.78, 5) is 26.5. The summed E-state index contributed by atoms with van der Waals surface area (Å²) >= 11 is 0. The Morgan fingerprint density at radius 1 is 1.48 bits per heavy atom. The van der Waals surface area contributed by atoms with E-state index in [1.807, 2.05) is 11.0 Å². The van der Waals surface area contributed by atoms with Crippen LogP contribution in [0.4, 0.5) is 4.79 Å². The zero-order valence-corrected chi connectivity index (χ0v) is 12.2. The van der Waals surface area contributed by atoms with E-state index in [2.05, 4.69) is 5.32 Å². The molecule has 1 aliphatic heterocycles. The van der Waals surface area contributed by atoms with Gasteiger partial charge in [-0.2, -0.15) is 0 Å². The van der Waals surface area contributed by atoms with Crippen molar-refractivity contribution < 1.29 is 14.0 Å². The molecule has 0 bridgehead atoms. The number of amides is 3. The van der Waals surface area contributed by atoms with Crippen LogP contribution < -0.4 is 11.1 Å². The van der Waals surface area contributed by atoms with E-state index >= 15 is 0 Å².